The van der Waals surface area contributed by atoms with Crippen LogP contribution >= 0.6 is 0 Å². The molecule has 10 heteroatoms. The van der Waals surface area contributed by atoms with Gasteiger partial charge in [-0.15, -0.1) is 0 Å². The highest BCUT2D eigenvalue weighted by atomic mass is 32.3. The maximum absolute atomic E-state index is 10.2. The highest BCUT2D eigenvalue weighted by Gasteiger charge is 1.98. The van der Waals surface area contributed by atoms with Crippen molar-refractivity contribution in [1.82, 2.24) is 5.32 Å². The predicted molar refractivity (Wildman–Crippen MR) is 43.9 cm³/mol. The van der Waals surface area contributed by atoms with Crippen molar-refractivity contribution in [2.75, 3.05) is 13.1 Å². The van der Waals surface area contributed by atoms with Gasteiger partial charge < -0.3 is 16.2 Å². The number of carbonyl (C=O) groups excluding carboxylic acids is 1. The van der Waals surface area contributed by atoms with E-state index in [4.69, 9.17) is 28.4 Å². The van der Waals surface area contributed by atoms with Gasteiger partial charge in [-0.2, -0.15) is 8.42 Å². The minimum atomic E-state index is -4.67. The second-order valence-corrected chi connectivity index (χ2v) is 2.72. The molecule has 0 aliphatic heterocycles. The Balaban J connectivity index is 0. The van der Waals surface area contributed by atoms with Gasteiger partial charge in [-0.05, 0) is 0 Å². The number of nitrogens with two attached hydrogens (primary N) is 1. The van der Waals surface area contributed by atoms with Gasteiger partial charge in [0.15, 0.2) is 0 Å². The Morgan fingerprint density at radius 1 is 1.29 bits per heavy atom. The third kappa shape index (κ3) is 30.9. The van der Waals surface area contributed by atoms with E-state index in [0.717, 1.165) is 0 Å². The molecule has 0 bridgehead atoms. The first-order chi connectivity index (χ1) is 6.16. The smallest absolute Gasteiger partial charge is 0.394 e. The van der Waals surface area contributed by atoms with E-state index >= 15 is 0 Å². The number of rotatable bonds is 3. The standard InChI is InChI=1S/C4H8N2O3.H2O4S/c5-1-3(7)6-2-4(8)9;1-5(2,3)4/h1-2,5H2,(H,6,7)(H,8,9);(H2,1,2,3,4). The zero-order valence-electron chi connectivity index (χ0n) is 6.87. The summed E-state index contributed by atoms with van der Waals surface area (Å²) in [5.41, 5.74) is 4.85. The van der Waals surface area contributed by atoms with Crippen LogP contribution in [0.1, 0.15) is 0 Å². The number of carbonyl (C=O) groups is 2. The van der Waals surface area contributed by atoms with Crippen LogP contribution in [0.5, 0.6) is 0 Å². The molecule has 0 atom stereocenters. The molecule has 0 radical (unpaired) electrons. The summed E-state index contributed by atoms with van der Waals surface area (Å²) in [7, 11) is -4.67. The van der Waals surface area contributed by atoms with Gasteiger partial charge in [0.1, 0.15) is 6.54 Å². The number of aliphatic carboxylic acids is 1. The zero-order valence-corrected chi connectivity index (χ0v) is 7.69. The van der Waals surface area contributed by atoms with Crippen LogP contribution in [-0.4, -0.2) is 47.6 Å². The molecule has 0 fully saturated rings. The van der Waals surface area contributed by atoms with Crippen molar-refractivity contribution in [2.24, 2.45) is 5.73 Å². The minimum Gasteiger partial charge on any atom is -0.480 e. The largest absolute Gasteiger partial charge is 0.480 e. The highest BCUT2D eigenvalue weighted by molar-refractivity contribution is 7.79. The minimum absolute atomic E-state index is 0.173. The molecule has 0 heterocycles. The van der Waals surface area contributed by atoms with Crippen molar-refractivity contribution < 1.29 is 32.2 Å². The molecule has 0 aromatic rings. The van der Waals surface area contributed by atoms with Gasteiger partial charge in [-0.25, -0.2) is 0 Å². The molecule has 0 aliphatic carbocycles. The number of hydrogen-bond donors (Lipinski definition) is 5. The Morgan fingerprint density at radius 3 is 1.86 bits per heavy atom. The van der Waals surface area contributed by atoms with E-state index in [1.165, 1.54) is 0 Å². The summed E-state index contributed by atoms with van der Waals surface area (Å²) in [5, 5.41) is 10.1. The maximum Gasteiger partial charge on any atom is 0.394 e. The monoisotopic (exact) mass is 230 g/mol. The average Bonchev–Trinajstić information content (AvgIpc) is 1.96. The lowest BCUT2D eigenvalue weighted by Gasteiger charge is -1.95. The van der Waals surface area contributed by atoms with Crippen LogP contribution in [0.3, 0.4) is 0 Å². The van der Waals surface area contributed by atoms with E-state index < -0.39 is 22.3 Å². The molecule has 0 saturated carbocycles. The zero-order chi connectivity index (χ0) is 11.8. The summed E-state index contributed by atoms with van der Waals surface area (Å²) in [6, 6.07) is 0. The van der Waals surface area contributed by atoms with Crippen LogP contribution in [0.4, 0.5) is 0 Å². The van der Waals surface area contributed by atoms with Gasteiger partial charge >= 0.3 is 16.4 Å². The summed E-state index contributed by atoms with van der Waals surface area (Å²) in [6.07, 6.45) is 0. The topological polar surface area (TPSA) is 167 Å². The van der Waals surface area contributed by atoms with E-state index in [2.05, 4.69) is 5.32 Å². The highest BCUT2D eigenvalue weighted by Crippen LogP contribution is 1.60. The number of carboxylic acids is 1. The van der Waals surface area contributed by atoms with Crippen LogP contribution in [0.25, 0.3) is 0 Å². The first-order valence-corrected chi connectivity index (χ1v) is 4.45. The number of nitrogens with one attached hydrogen (secondary N) is 1. The molecule has 84 valence electrons. The van der Waals surface area contributed by atoms with Crippen LogP contribution in [-0.2, 0) is 20.0 Å². The lowest BCUT2D eigenvalue weighted by atomic mass is 10.5. The molecule has 0 unspecified atom stereocenters. The maximum atomic E-state index is 10.2. The first-order valence-electron chi connectivity index (χ1n) is 3.05. The molecule has 6 N–H and O–H groups in total. The summed E-state index contributed by atoms with van der Waals surface area (Å²) in [4.78, 5) is 20.0. The number of amides is 1. The molecule has 9 nitrogen and oxygen atoms in total. The van der Waals surface area contributed by atoms with Crippen LogP contribution < -0.4 is 11.1 Å². The van der Waals surface area contributed by atoms with Crippen LogP contribution in [0.2, 0.25) is 0 Å². The van der Waals surface area contributed by atoms with Crippen molar-refractivity contribution in [2.45, 2.75) is 0 Å². The SMILES string of the molecule is NCC(=O)NCC(=O)O.O=S(=O)(O)O. The fourth-order valence-electron chi connectivity index (χ4n) is 0.246. The van der Waals surface area contributed by atoms with Gasteiger partial charge in [0.25, 0.3) is 0 Å². The van der Waals surface area contributed by atoms with Gasteiger partial charge in [0.05, 0.1) is 6.54 Å². The normalized spacial score (nSPS) is 9.64. The number of hydrogen-bond acceptors (Lipinski definition) is 5. The summed E-state index contributed by atoms with van der Waals surface area (Å²) in [6.45, 7) is -0.538. The Morgan fingerprint density at radius 2 is 1.64 bits per heavy atom. The molecule has 14 heavy (non-hydrogen) atoms. The van der Waals surface area contributed by atoms with Gasteiger partial charge in [0.2, 0.25) is 5.91 Å². The molecular formula is C4H10N2O7S. The van der Waals surface area contributed by atoms with E-state index in [1.807, 2.05) is 0 Å². The summed E-state index contributed by atoms with van der Waals surface area (Å²) in [5.74, 6) is -1.53. The molecular weight excluding hydrogens is 220 g/mol. The Hall–Kier alpha value is -1.23. The number of carboxylic acid groups (broad SMARTS) is 1. The second-order valence-electron chi connectivity index (χ2n) is 1.82. The molecule has 0 aromatic carbocycles. The second kappa shape index (κ2) is 7.20. The third-order valence-corrected chi connectivity index (χ3v) is 0.622. The Bertz CT molecular complexity index is 276. The van der Waals surface area contributed by atoms with E-state index in [-0.39, 0.29) is 13.1 Å². The molecule has 0 saturated heterocycles. The third-order valence-electron chi connectivity index (χ3n) is 0.622. The lowest BCUT2D eigenvalue weighted by Crippen LogP contribution is -2.34. The van der Waals surface area contributed by atoms with Crippen molar-refractivity contribution in [1.29, 1.82) is 0 Å². The molecule has 0 rings (SSSR count). The first kappa shape index (κ1) is 15.3. The van der Waals surface area contributed by atoms with Gasteiger partial charge in [-0.3, -0.25) is 18.7 Å². The van der Waals surface area contributed by atoms with Crippen molar-refractivity contribution >= 4 is 22.3 Å². The van der Waals surface area contributed by atoms with Crippen molar-refractivity contribution in [3.8, 4) is 0 Å². The predicted octanol–water partition coefficient (Wildman–Crippen LogP) is -2.51. The van der Waals surface area contributed by atoms with Crippen LogP contribution in [0, 0.1) is 0 Å². The lowest BCUT2D eigenvalue weighted by molar-refractivity contribution is -0.137. The Kier molecular flexibility index (Phi) is 7.84. The van der Waals surface area contributed by atoms with E-state index in [0.29, 0.717) is 0 Å². The van der Waals surface area contributed by atoms with Gasteiger partial charge in [-0.1, -0.05) is 0 Å². The summed E-state index contributed by atoms with van der Waals surface area (Å²) >= 11 is 0. The fraction of sp³-hybridized carbons (Fsp3) is 0.500. The molecule has 1 amide bonds. The van der Waals surface area contributed by atoms with E-state index in [1.54, 1.807) is 0 Å². The average molecular weight is 230 g/mol. The fourth-order valence-corrected chi connectivity index (χ4v) is 0.246. The Labute approximate surface area is 79.5 Å². The molecule has 0 spiro atoms. The van der Waals surface area contributed by atoms with Crippen molar-refractivity contribution in [3.05, 3.63) is 0 Å². The van der Waals surface area contributed by atoms with Crippen LogP contribution in [0.15, 0.2) is 0 Å². The van der Waals surface area contributed by atoms with Gasteiger partial charge in [0, 0.05) is 0 Å². The molecule has 0 aromatic heterocycles. The summed E-state index contributed by atoms with van der Waals surface area (Å²) < 4.78 is 31.6. The molecule has 0 aliphatic rings. The van der Waals surface area contributed by atoms with E-state index in [9.17, 15) is 9.59 Å². The quantitative estimate of drug-likeness (QED) is 0.331. The van der Waals surface area contributed by atoms with Crippen molar-refractivity contribution in [3.63, 3.8) is 0 Å².